The van der Waals surface area contributed by atoms with Gasteiger partial charge in [0.1, 0.15) is 18.3 Å². The Hall–Kier alpha value is -2.58. The lowest BCUT2D eigenvalue weighted by atomic mass is 9.93. The molecule has 2 N–H and O–H groups in total. The van der Waals surface area contributed by atoms with Crippen molar-refractivity contribution in [2.24, 2.45) is 0 Å². The van der Waals surface area contributed by atoms with Crippen molar-refractivity contribution in [3.05, 3.63) is 108 Å². The Bertz CT molecular complexity index is 1030. The number of benzene rings is 3. The lowest BCUT2D eigenvalue weighted by Crippen LogP contribution is -2.62. The first-order chi connectivity index (χ1) is 17.8. The van der Waals surface area contributed by atoms with Crippen LogP contribution >= 0.6 is 0 Å². The van der Waals surface area contributed by atoms with E-state index in [4.69, 9.17) is 18.9 Å². The summed E-state index contributed by atoms with van der Waals surface area (Å²) in [6.45, 7) is 1.89. The van der Waals surface area contributed by atoms with Gasteiger partial charge in [0.2, 0.25) is 0 Å². The Morgan fingerprint density at radius 3 is 1.81 bits per heavy atom. The zero-order valence-corrected chi connectivity index (χ0v) is 20.4. The Morgan fingerprint density at radius 1 is 0.722 bits per heavy atom. The number of aliphatic hydroxyl groups is 1. The van der Waals surface area contributed by atoms with Crippen molar-refractivity contribution in [1.82, 2.24) is 5.32 Å². The average Bonchev–Trinajstić information content (AvgIpc) is 3.35. The molecule has 6 heteroatoms. The van der Waals surface area contributed by atoms with Gasteiger partial charge >= 0.3 is 0 Å². The van der Waals surface area contributed by atoms with E-state index in [0.29, 0.717) is 26.4 Å². The van der Waals surface area contributed by atoms with Crippen LogP contribution in [0.3, 0.4) is 0 Å². The SMILES string of the molecule is OC[C@@H]1C[C@H]2O[C@H](COCc3ccccc3)[C@@H](OCc3ccccc3)[C@H](OCc3ccccc3)[C@H]2N1. The van der Waals surface area contributed by atoms with Crippen LogP contribution in [0.5, 0.6) is 0 Å². The summed E-state index contributed by atoms with van der Waals surface area (Å²) in [4.78, 5) is 0. The molecule has 2 saturated heterocycles. The van der Waals surface area contributed by atoms with Crippen molar-refractivity contribution >= 4 is 0 Å². The minimum atomic E-state index is -0.337. The summed E-state index contributed by atoms with van der Waals surface area (Å²) in [7, 11) is 0. The topological polar surface area (TPSA) is 69.2 Å². The first kappa shape index (κ1) is 25.1. The third kappa shape index (κ3) is 6.40. The van der Waals surface area contributed by atoms with Crippen LogP contribution in [0.4, 0.5) is 0 Å². The van der Waals surface area contributed by atoms with Crippen LogP contribution in [-0.2, 0) is 38.8 Å². The number of fused-ring (bicyclic) bond motifs is 1. The van der Waals surface area contributed by atoms with E-state index in [1.54, 1.807) is 0 Å². The van der Waals surface area contributed by atoms with E-state index in [0.717, 1.165) is 23.1 Å². The largest absolute Gasteiger partial charge is 0.395 e. The van der Waals surface area contributed by atoms with Crippen LogP contribution in [0, 0.1) is 0 Å². The molecule has 0 aliphatic carbocycles. The molecule has 2 fully saturated rings. The standard InChI is InChI=1S/C30H35NO5/c32-17-25-16-26-28(31-25)30(35-20-24-14-8-3-9-15-24)29(34-19-23-12-6-2-7-13-23)27(36-26)21-33-18-22-10-4-1-5-11-22/h1-15,25-32H,16-21H2/t25-,26+,27+,28-,29+,30+/m0/s1. The Labute approximate surface area is 213 Å². The average molecular weight is 490 g/mol. The highest BCUT2D eigenvalue weighted by atomic mass is 16.6. The predicted octanol–water partition coefficient (Wildman–Crippen LogP) is 3.86. The molecule has 0 saturated carbocycles. The first-order valence-corrected chi connectivity index (χ1v) is 12.8. The van der Waals surface area contributed by atoms with Gasteiger partial charge in [-0.05, 0) is 23.1 Å². The molecular formula is C30H35NO5. The first-order valence-electron chi connectivity index (χ1n) is 12.8. The van der Waals surface area contributed by atoms with Crippen LogP contribution in [-0.4, -0.2) is 54.8 Å². The summed E-state index contributed by atoms with van der Waals surface area (Å²) in [5.41, 5.74) is 3.32. The van der Waals surface area contributed by atoms with Crippen molar-refractivity contribution in [3.8, 4) is 0 Å². The molecule has 0 amide bonds. The summed E-state index contributed by atoms with van der Waals surface area (Å²) >= 11 is 0. The Balaban J connectivity index is 1.34. The number of rotatable bonds is 11. The number of ether oxygens (including phenoxy) is 4. The molecule has 0 radical (unpaired) electrons. The molecule has 0 spiro atoms. The van der Waals surface area contributed by atoms with Crippen molar-refractivity contribution < 1.29 is 24.1 Å². The molecule has 2 aliphatic rings. The van der Waals surface area contributed by atoms with Gasteiger partial charge in [-0.3, -0.25) is 0 Å². The maximum Gasteiger partial charge on any atom is 0.114 e. The fourth-order valence-corrected chi connectivity index (χ4v) is 5.10. The predicted molar refractivity (Wildman–Crippen MR) is 137 cm³/mol. The maximum absolute atomic E-state index is 9.84. The second-order valence-electron chi connectivity index (χ2n) is 9.54. The van der Waals surface area contributed by atoms with Crippen LogP contribution in [0.25, 0.3) is 0 Å². The number of aliphatic hydroxyl groups excluding tert-OH is 1. The molecular weight excluding hydrogens is 454 g/mol. The van der Waals surface area contributed by atoms with Crippen LogP contribution in [0.1, 0.15) is 23.1 Å². The summed E-state index contributed by atoms with van der Waals surface area (Å²) in [5.74, 6) is 0. The van der Waals surface area contributed by atoms with E-state index in [9.17, 15) is 5.11 Å². The van der Waals surface area contributed by atoms with Gasteiger partial charge < -0.3 is 29.4 Å². The van der Waals surface area contributed by atoms with E-state index >= 15 is 0 Å². The molecule has 2 heterocycles. The minimum Gasteiger partial charge on any atom is -0.395 e. The van der Waals surface area contributed by atoms with E-state index in [1.165, 1.54) is 0 Å². The van der Waals surface area contributed by atoms with Gasteiger partial charge in [0.25, 0.3) is 0 Å². The molecule has 36 heavy (non-hydrogen) atoms. The highest BCUT2D eigenvalue weighted by Crippen LogP contribution is 2.33. The van der Waals surface area contributed by atoms with Crippen molar-refractivity contribution in [2.45, 2.75) is 62.7 Å². The molecule has 0 bridgehead atoms. The Kier molecular flexibility index (Phi) is 8.77. The summed E-state index contributed by atoms with van der Waals surface area (Å²) in [6.07, 6.45) is -0.235. The highest BCUT2D eigenvalue weighted by Gasteiger charge is 2.51. The van der Waals surface area contributed by atoms with Crippen LogP contribution < -0.4 is 5.32 Å². The molecule has 0 aromatic heterocycles. The van der Waals surface area contributed by atoms with Gasteiger partial charge in [0.05, 0.1) is 45.2 Å². The summed E-state index contributed by atoms with van der Waals surface area (Å²) in [5, 5.41) is 13.4. The molecule has 190 valence electrons. The van der Waals surface area contributed by atoms with Gasteiger partial charge in [0, 0.05) is 6.04 Å². The van der Waals surface area contributed by atoms with E-state index in [-0.39, 0.29) is 43.1 Å². The Morgan fingerprint density at radius 2 is 1.25 bits per heavy atom. The van der Waals surface area contributed by atoms with Crippen molar-refractivity contribution in [3.63, 3.8) is 0 Å². The molecule has 6 atom stereocenters. The van der Waals surface area contributed by atoms with E-state index < -0.39 is 0 Å². The second kappa shape index (κ2) is 12.6. The number of nitrogens with one attached hydrogen (secondary N) is 1. The van der Waals surface area contributed by atoms with Gasteiger partial charge in [-0.2, -0.15) is 0 Å². The smallest absolute Gasteiger partial charge is 0.114 e. The van der Waals surface area contributed by atoms with Gasteiger partial charge in [-0.1, -0.05) is 91.0 Å². The zero-order valence-electron chi connectivity index (χ0n) is 20.4. The number of hydrogen-bond donors (Lipinski definition) is 2. The zero-order chi connectivity index (χ0) is 24.6. The fourth-order valence-electron chi connectivity index (χ4n) is 5.10. The van der Waals surface area contributed by atoms with Crippen molar-refractivity contribution in [2.75, 3.05) is 13.2 Å². The molecule has 3 aromatic carbocycles. The third-order valence-corrected chi connectivity index (χ3v) is 6.92. The van der Waals surface area contributed by atoms with E-state index in [2.05, 4.69) is 41.7 Å². The quantitative estimate of drug-likeness (QED) is 0.426. The maximum atomic E-state index is 9.84. The molecule has 0 unspecified atom stereocenters. The lowest BCUT2D eigenvalue weighted by Gasteiger charge is -2.44. The van der Waals surface area contributed by atoms with Gasteiger partial charge in [-0.25, -0.2) is 0 Å². The minimum absolute atomic E-state index is 0.0263. The third-order valence-electron chi connectivity index (χ3n) is 6.92. The van der Waals surface area contributed by atoms with E-state index in [1.807, 2.05) is 54.6 Å². The van der Waals surface area contributed by atoms with Crippen LogP contribution in [0.2, 0.25) is 0 Å². The van der Waals surface area contributed by atoms with Gasteiger partial charge in [0.15, 0.2) is 0 Å². The monoisotopic (exact) mass is 489 g/mol. The highest BCUT2D eigenvalue weighted by molar-refractivity contribution is 5.16. The normalized spacial score (nSPS) is 27.6. The second-order valence-corrected chi connectivity index (χ2v) is 9.54. The van der Waals surface area contributed by atoms with Crippen LogP contribution in [0.15, 0.2) is 91.0 Å². The molecule has 3 aromatic rings. The molecule has 6 nitrogen and oxygen atoms in total. The van der Waals surface area contributed by atoms with Crippen molar-refractivity contribution in [1.29, 1.82) is 0 Å². The molecule has 5 rings (SSSR count). The lowest BCUT2D eigenvalue weighted by molar-refractivity contribution is -0.225. The fraction of sp³-hybridized carbons (Fsp3) is 0.400. The summed E-state index contributed by atoms with van der Waals surface area (Å²) in [6, 6.07) is 30.4. The number of hydrogen-bond acceptors (Lipinski definition) is 6. The summed E-state index contributed by atoms with van der Waals surface area (Å²) < 4.78 is 25.8. The molecule has 2 aliphatic heterocycles. The van der Waals surface area contributed by atoms with Gasteiger partial charge in [-0.15, -0.1) is 0 Å².